The minimum absolute atomic E-state index is 0.0390. The number of methoxy groups -OCH3 is 1. The molecular weight excluding hydrogens is 272 g/mol. The Labute approximate surface area is 121 Å². The molecule has 0 saturated heterocycles. The first-order valence-electron chi connectivity index (χ1n) is 6.04. The second-order valence-electron chi connectivity index (χ2n) is 4.09. The van der Waals surface area contributed by atoms with Crippen molar-refractivity contribution in [1.82, 2.24) is 4.98 Å². The van der Waals surface area contributed by atoms with Crippen LogP contribution in [0.1, 0.15) is 21.7 Å². The topological polar surface area (TPSA) is 92.4 Å². The van der Waals surface area contributed by atoms with Crippen LogP contribution in [0.2, 0.25) is 0 Å². The molecule has 0 fully saturated rings. The first-order chi connectivity index (χ1) is 10.1. The van der Waals surface area contributed by atoms with Gasteiger partial charge >= 0.3 is 5.97 Å². The third-order valence-corrected chi connectivity index (χ3v) is 2.69. The zero-order chi connectivity index (χ0) is 15.2. The number of nitriles is 1. The van der Waals surface area contributed by atoms with Crippen molar-refractivity contribution in [3.63, 3.8) is 0 Å². The van der Waals surface area contributed by atoms with Crippen molar-refractivity contribution in [2.45, 2.75) is 6.61 Å². The molecule has 0 amide bonds. The maximum atomic E-state index is 10.8. The monoisotopic (exact) mass is 284 g/mol. The van der Waals surface area contributed by atoms with Crippen LogP contribution in [0.5, 0.6) is 11.5 Å². The van der Waals surface area contributed by atoms with Gasteiger partial charge in [0.05, 0.1) is 24.4 Å². The van der Waals surface area contributed by atoms with E-state index in [4.69, 9.17) is 19.8 Å². The number of aromatic nitrogens is 1. The number of rotatable bonds is 5. The molecule has 0 bridgehead atoms. The molecule has 21 heavy (non-hydrogen) atoms. The van der Waals surface area contributed by atoms with Crippen LogP contribution in [0.15, 0.2) is 36.4 Å². The molecule has 1 N–H and O–H groups in total. The van der Waals surface area contributed by atoms with E-state index in [0.717, 1.165) is 0 Å². The third-order valence-electron chi connectivity index (χ3n) is 2.69. The molecule has 6 heteroatoms. The Balaban J connectivity index is 2.15. The van der Waals surface area contributed by atoms with Crippen LogP contribution in [0.4, 0.5) is 0 Å². The lowest BCUT2D eigenvalue weighted by atomic mass is 10.2. The van der Waals surface area contributed by atoms with Crippen molar-refractivity contribution < 1.29 is 19.4 Å². The van der Waals surface area contributed by atoms with Crippen LogP contribution in [0, 0.1) is 11.3 Å². The summed E-state index contributed by atoms with van der Waals surface area (Å²) in [4.78, 5) is 14.8. The predicted molar refractivity (Wildman–Crippen MR) is 73.2 cm³/mol. The SMILES string of the molecule is COc1cc(C#N)ccc1OCc1cccc(C(=O)O)n1. The number of nitrogens with zero attached hydrogens (tertiary/aromatic N) is 2. The van der Waals surface area contributed by atoms with E-state index < -0.39 is 5.97 Å². The standard InChI is InChI=1S/C15H12N2O4/c1-20-14-7-10(8-16)5-6-13(14)21-9-11-3-2-4-12(17-11)15(18)19/h2-7H,9H2,1H3,(H,18,19). The van der Waals surface area contributed by atoms with Crippen LogP contribution >= 0.6 is 0 Å². The Hall–Kier alpha value is -3.07. The van der Waals surface area contributed by atoms with Crippen LogP contribution in [-0.4, -0.2) is 23.2 Å². The van der Waals surface area contributed by atoms with E-state index in [1.54, 1.807) is 30.3 Å². The molecule has 1 aromatic carbocycles. The lowest BCUT2D eigenvalue weighted by molar-refractivity contribution is 0.0690. The summed E-state index contributed by atoms with van der Waals surface area (Å²) in [5, 5.41) is 17.7. The summed E-state index contributed by atoms with van der Waals surface area (Å²) in [6.45, 7) is 0.101. The van der Waals surface area contributed by atoms with E-state index in [9.17, 15) is 4.79 Å². The molecule has 6 nitrogen and oxygen atoms in total. The summed E-state index contributed by atoms with van der Waals surface area (Å²) in [7, 11) is 1.48. The summed E-state index contributed by atoms with van der Waals surface area (Å²) in [5.74, 6) is -0.199. The maximum absolute atomic E-state index is 10.8. The summed E-state index contributed by atoms with van der Waals surface area (Å²) in [6, 6.07) is 11.5. The first-order valence-corrected chi connectivity index (χ1v) is 6.04. The van der Waals surface area contributed by atoms with E-state index >= 15 is 0 Å². The fourth-order valence-electron chi connectivity index (χ4n) is 1.69. The van der Waals surface area contributed by atoms with E-state index in [0.29, 0.717) is 22.8 Å². The van der Waals surface area contributed by atoms with Gasteiger partial charge in [-0.05, 0) is 24.3 Å². The number of aromatic carboxylic acids is 1. The molecule has 0 atom stereocenters. The summed E-state index contributed by atoms with van der Waals surface area (Å²) in [6.07, 6.45) is 0. The van der Waals surface area contributed by atoms with Gasteiger partial charge in [0, 0.05) is 6.07 Å². The number of carboxylic acids is 1. The van der Waals surface area contributed by atoms with Gasteiger partial charge in [-0.2, -0.15) is 5.26 Å². The van der Waals surface area contributed by atoms with Crippen molar-refractivity contribution in [3.8, 4) is 17.6 Å². The van der Waals surface area contributed by atoms with E-state index in [-0.39, 0.29) is 12.3 Å². The van der Waals surface area contributed by atoms with Crippen LogP contribution in [-0.2, 0) is 6.61 Å². The number of hydrogen-bond acceptors (Lipinski definition) is 5. The number of hydrogen-bond donors (Lipinski definition) is 1. The fourth-order valence-corrected chi connectivity index (χ4v) is 1.69. The first kappa shape index (κ1) is 14.3. The van der Waals surface area contributed by atoms with Crippen LogP contribution < -0.4 is 9.47 Å². The molecule has 1 aromatic heterocycles. The van der Waals surface area contributed by atoms with Gasteiger partial charge in [0.25, 0.3) is 0 Å². The maximum Gasteiger partial charge on any atom is 0.354 e. The van der Waals surface area contributed by atoms with E-state index in [1.807, 2.05) is 6.07 Å². The smallest absolute Gasteiger partial charge is 0.354 e. The predicted octanol–water partition coefficient (Wildman–Crippen LogP) is 2.24. The second-order valence-corrected chi connectivity index (χ2v) is 4.09. The zero-order valence-electron chi connectivity index (χ0n) is 11.2. The summed E-state index contributed by atoms with van der Waals surface area (Å²) >= 11 is 0. The lowest BCUT2D eigenvalue weighted by Gasteiger charge is -2.10. The minimum atomic E-state index is -1.09. The molecule has 0 aliphatic carbocycles. The van der Waals surface area contributed by atoms with Gasteiger partial charge in [-0.15, -0.1) is 0 Å². The molecule has 1 heterocycles. The Kier molecular flexibility index (Phi) is 4.36. The highest BCUT2D eigenvalue weighted by atomic mass is 16.5. The Bertz CT molecular complexity index is 707. The molecule has 106 valence electrons. The zero-order valence-corrected chi connectivity index (χ0v) is 11.2. The number of ether oxygens (including phenoxy) is 2. The van der Waals surface area contributed by atoms with E-state index in [1.165, 1.54) is 13.2 Å². The van der Waals surface area contributed by atoms with Gasteiger partial charge in [-0.25, -0.2) is 9.78 Å². The van der Waals surface area contributed by atoms with Crippen LogP contribution in [0.3, 0.4) is 0 Å². The van der Waals surface area contributed by atoms with Gasteiger partial charge < -0.3 is 14.6 Å². The molecule has 2 aromatic rings. The molecular formula is C15H12N2O4. The largest absolute Gasteiger partial charge is 0.493 e. The third kappa shape index (κ3) is 3.48. The van der Waals surface area contributed by atoms with Crippen molar-refractivity contribution in [2.24, 2.45) is 0 Å². The minimum Gasteiger partial charge on any atom is -0.493 e. The average molecular weight is 284 g/mol. The second kappa shape index (κ2) is 6.39. The normalized spacial score (nSPS) is 9.71. The molecule has 2 rings (SSSR count). The lowest BCUT2D eigenvalue weighted by Crippen LogP contribution is -2.05. The molecule has 0 unspecified atom stereocenters. The summed E-state index contributed by atoms with van der Waals surface area (Å²) in [5.41, 5.74) is 0.911. The molecule has 0 aliphatic heterocycles. The van der Waals surface area contributed by atoms with Gasteiger partial charge in [0.1, 0.15) is 12.3 Å². The molecule has 0 saturated carbocycles. The molecule has 0 aliphatic rings. The van der Waals surface area contributed by atoms with Gasteiger partial charge in [0.15, 0.2) is 11.5 Å². The Morgan fingerprint density at radius 1 is 1.33 bits per heavy atom. The number of benzene rings is 1. The Morgan fingerprint density at radius 2 is 2.14 bits per heavy atom. The number of carboxylic acid groups (broad SMARTS) is 1. The van der Waals surface area contributed by atoms with Crippen LogP contribution in [0.25, 0.3) is 0 Å². The Morgan fingerprint density at radius 3 is 2.81 bits per heavy atom. The van der Waals surface area contributed by atoms with Crippen molar-refractivity contribution in [3.05, 3.63) is 53.3 Å². The van der Waals surface area contributed by atoms with Crippen molar-refractivity contribution >= 4 is 5.97 Å². The van der Waals surface area contributed by atoms with Gasteiger partial charge in [-0.1, -0.05) is 6.07 Å². The fraction of sp³-hybridized carbons (Fsp3) is 0.133. The highest BCUT2D eigenvalue weighted by Gasteiger charge is 2.08. The van der Waals surface area contributed by atoms with E-state index in [2.05, 4.69) is 4.98 Å². The van der Waals surface area contributed by atoms with Crippen molar-refractivity contribution in [2.75, 3.05) is 7.11 Å². The summed E-state index contributed by atoms with van der Waals surface area (Å²) < 4.78 is 10.7. The highest BCUT2D eigenvalue weighted by molar-refractivity contribution is 5.85. The van der Waals surface area contributed by atoms with Gasteiger partial charge in [0.2, 0.25) is 0 Å². The van der Waals surface area contributed by atoms with Gasteiger partial charge in [-0.3, -0.25) is 0 Å². The number of carbonyl (C=O) groups is 1. The highest BCUT2D eigenvalue weighted by Crippen LogP contribution is 2.28. The van der Waals surface area contributed by atoms with Crippen molar-refractivity contribution in [1.29, 1.82) is 5.26 Å². The molecule has 0 spiro atoms. The quantitative estimate of drug-likeness (QED) is 0.905. The average Bonchev–Trinajstić information content (AvgIpc) is 2.53. The number of pyridine rings is 1. The molecule has 0 radical (unpaired) electrons.